The van der Waals surface area contributed by atoms with E-state index < -0.39 is 30.1 Å². The molecular formula is C26H28F2N6O2. The monoisotopic (exact) mass is 494 g/mol. The number of aryl methyl sites for hydroxylation is 2. The van der Waals surface area contributed by atoms with Crippen LogP contribution < -0.4 is 5.32 Å². The number of rotatable bonds is 7. The molecule has 2 fully saturated rings. The molecule has 3 atom stereocenters. The summed E-state index contributed by atoms with van der Waals surface area (Å²) in [5.41, 5.74) is 2.95. The van der Waals surface area contributed by atoms with Crippen LogP contribution in [0.1, 0.15) is 59.3 Å². The summed E-state index contributed by atoms with van der Waals surface area (Å²) in [6, 6.07) is 11.0. The summed E-state index contributed by atoms with van der Waals surface area (Å²) in [5, 5.41) is 14.5. The van der Waals surface area contributed by atoms with E-state index in [1.807, 2.05) is 43.3 Å². The summed E-state index contributed by atoms with van der Waals surface area (Å²) < 4.78 is 29.5. The van der Waals surface area contributed by atoms with E-state index in [-0.39, 0.29) is 31.2 Å². The first-order valence-corrected chi connectivity index (χ1v) is 12.1. The molecule has 0 bridgehead atoms. The second kappa shape index (κ2) is 9.75. The Kier molecular flexibility index (Phi) is 6.51. The molecule has 1 N–H and O–H groups in total. The van der Waals surface area contributed by atoms with Crippen LogP contribution in [-0.2, 0) is 16.1 Å². The number of carbonyl (C=O) groups is 2. The van der Waals surface area contributed by atoms with Crippen molar-refractivity contribution in [3.8, 4) is 0 Å². The van der Waals surface area contributed by atoms with Crippen LogP contribution in [0.25, 0.3) is 0 Å². The molecule has 2 heterocycles. The molecule has 1 unspecified atom stereocenters. The van der Waals surface area contributed by atoms with Gasteiger partial charge in [-0.05, 0) is 66.1 Å². The molecule has 0 spiro atoms. The molecule has 8 nitrogen and oxygen atoms in total. The molecule has 1 saturated carbocycles. The van der Waals surface area contributed by atoms with Crippen molar-refractivity contribution in [3.63, 3.8) is 0 Å². The molecule has 0 radical (unpaired) electrons. The number of halogens is 2. The molecule has 10 heteroatoms. The van der Waals surface area contributed by atoms with E-state index in [1.54, 1.807) is 6.92 Å². The highest BCUT2D eigenvalue weighted by molar-refractivity contribution is 5.88. The maximum Gasteiger partial charge on any atom is 0.247 e. The molecule has 188 valence electrons. The summed E-state index contributed by atoms with van der Waals surface area (Å²) in [6.45, 7) is 3.09. The number of aromatic nitrogens is 4. The van der Waals surface area contributed by atoms with Crippen LogP contribution in [0.4, 0.5) is 8.78 Å². The lowest BCUT2D eigenvalue weighted by atomic mass is 9.93. The van der Waals surface area contributed by atoms with Crippen molar-refractivity contribution < 1.29 is 18.4 Å². The Bertz CT molecular complexity index is 1250. The summed E-state index contributed by atoms with van der Waals surface area (Å²) in [5.74, 6) is -0.585. The summed E-state index contributed by atoms with van der Waals surface area (Å²) in [7, 11) is 0. The van der Waals surface area contributed by atoms with Gasteiger partial charge >= 0.3 is 0 Å². The predicted octanol–water partition coefficient (Wildman–Crippen LogP) is 3.15. The van der Waals surface area contributed by atoms with Crippen molar-refractivity contribution >= 4 is 11.8 Å². The van der Waals surface area contributed by atoms with Crippen molar-refractivity contribution in [2.45, 2.75) is 63.8 Å². The van der Waals surface area contributed by atoms with Gasteiger partial charge in [0.2, 0.25) is 11.8 Å². The first-order valence-electron chi connectivity index (χ1n) is 12.1. The van der Waals surface area contributed by atoms with Crippen LogP contribution in [0.3, 0.4) is 0 Å². The van der Waals surface area contributed by atoms with Crippen molar-refractivity contribution in [1.82, 2.24) is 30.4 Å². The van der Waals surface area contributed by atoms with Gasteiger partial charge in [0.05, 0.1) is 12.6 Å². The van der Waals surface area contributed by atoms with Crippen LogP contribution in [0.15, 0.2) is 42.5 Å². The summed E-state index contributed by atoms with van der Waals surface area (Å²) in [6.07, 6.45) is 0.519. The molecule has 3 aromatic rings. The Morgan fingerprint density at radius 2 is 1.89 bits per heavy atom. The third kappa shape index (κ3) is 4.98. The van der Waals surface area contributed by atoms with Crippen LogP contribution >= 0.6 is 0 Å². The Morgan fingerprint density at radius 1 is 1.14 bits per heavy atom. The van der Waals surface area contributed by atoms with Crippen molar-refractivity contribution in [3.05, 3.63) is 76.4 Å². The van der Waals surface area contributed by atoms with Gasteiger partial charge in [-0.1, -0.05) is 36.4 Å². The second-order valence-corrected chi connectivity index (χ2v) is 9.62. The van der Waals surface area contributed by atoms with E-state index >= 15 is 4.39 Å². The van der Waals surface area contributed by atoms with Gasteiger partial charge in [-0.15, -0.1) is 10.2 Å². The number of amides is 2. The molecule has 1 aromatic heterocycles. The number of tetrazole rings is 1. The lowest BCUT2D eigenvalue weighted by Gasteiger charge is -2.27. The third-order valence-corrected chi connectivity index (χ3v) is 6.80. The lowest BCUT2D eigenvalue weighted by molar-refractivity contribution is -0.139. The number of benzene rings is 2. The molecule has 5 rings (SSSR count). The Labute approximate surface area is 207 Å². The van der Waals surface area contributed by atoms with Crippen molar-refractivity contribution in [2.24, 2.45) is 0 Å². The second-order valence-electron chi connectivity index (χ2n) is 9.62. The maximum atomic E-state index is 15.1. The summed E-state index contributed by atoms with van der Waals surface area (Å²) in [4.78, 5) is 28.7. The van der Waals surface area contributed by atoms with E-state index in [4.69, 9.17) is 0 Å². The molecule has 1 saturated heterocycles. The average molecular weight is 495 g/mol. The molecule has 2 amide bonds. The largest absolute Gasteiger partial charge is 0.343 e. The quantitative estimate of drug-likeness (QED) is 0.545. The van der Waals surface area contributed by atoms with Crippen molar-refractivity contribution in [1.29, 1.82) is 0 Å². The van der Waals surface area contributed by atoms with E-state index in [1.165, 1.54) is 11.0 Å². The number of likely N-dealkylation sites (tertiary alicyclic amines) is 1. The van der Waals surface area contributed by atoms with Gasteiger partial charge in [0.1, 0.15) is 24.6 Å². The van der Waals surface area contributed by atoms with E-state index in [0.29, 0.717) is 11.4 Å². The predicted molar refractivity (Wildman–Crippen MR) is 127 cm³/mol. The Balaban J connectivity index is 1.40. The SMILES string of the molecule is Cc1nnn(CC(=O)N2C[C@H](F)C[C@H]2C(=O)NC(c2ccccc2)c2cc(C)c(C3CC3)c(F)c2)n1. The van der Waals surface area contributed by atoms with E-state index in [0.717, 1.165) is 34.3 Å². The van der Waals surface area contributed by atoms with E-state index in [2.05, 4.69) is 20.7 Å². The first-order chi connectivity index (χ1) is 17.3. The minimum Gasteiger partial charge on any atom is -0.343 e. The number of nitrogens with zero attached hydrogens (tertiary/aromatic N) is 5. The van der Waals surface area contributed by atoms with Gasteiger partial charge in [-0.2, -0.15) is 4.80 Å². The van der Waals surface area contributed by atoms with Crippen LogP contribution in [-0.4, -0.2) is 55.7 Å². The van der Waals surface area contributed by atoms with Crippen LogP contribution in [0.2, 0.25) is 0 Å². The zero-order chi connectivity index (χ0) is 25.4. The molecule has 2 aromatic carbocycles. The highest BCUT2D eigenvalue weighted by Crippen LogP contribution is 2.43. The minimum absolute atomic E-state index is 0.114. The molecule has 1 aliphatic carbocycles. The van der Waals surface area contributed by atoms with Gasteiger partial charge < -0.3 is 10.2 Å². The zero-order valence-electron chi connectivity index (χ0n) is 20.2. The number of hydrogen-bond donors (Lipinski definition) is 1. The standard InChI is InChI=1S/C26H28F2N6O2/c1-15-10-19(11-21(28)24(15)17-8-9-17)25(18-6-4-3-5-7-18)29-26(36)22-12-20(27)13-33(22)23(35)14-34-31-16(2)30-32-34/h3-7,10-11,17,20,22,25H,8-9,12-14H2,1-2H3,(H,29,36)/t20-,22+,25?/m1/s1. The van der Waals surface area contributed by atoms with Gasteiger partial charge in [-0.25, -0.2) is 8.78 Å². The Morgan fingerprint density at radius 3 is 2.53 bits per heavy atom. The summed E-state index contributed by atoms with van der Waals surface area (Å²) >= 11 is 0. The minimum atomic E-state index is -1.33. The molecular weight excluding hydrogens is 466 g/mol. The van der Waals surface area contributed by atoms with Gasteiger partial charge in [-0.3, -0.25) is 9.59 Å². The topological polar surface area (TPSA) is 93.0 Å². The number of carbonyl (C=O) groups excluding carboxylic acids is 2. The lowest BCUT2D eigenvalue weighted by Crippen LogP contribution is -2.48. The van der Waals surface area contributed by atoms with E-state index in [9.17, 15) is 14.0 Å². The number of nitrogens with one attached hydrogen (secondary N) is 1. The first kappa shape index (κ1) is 24.0. The fourth-order valence-electron chi connectivity index (χ4n) is 4.99. The number of alkyl halides is 1. The number of hydrogen-bond acceptors (Lipinski definition) is 5. The normalized spacial score (nSPS) is 20.4. The fourth-order valence-corrected chi connectivity index (χ4v) is 4.99. The highest BCUT2D eigenvalue weighted by atomic mass is 19.1. The highest BCUT2D eigenvalue weighted by Gasteiger charge is 2.41. The smallest absolute Gasteiger partial charge is 0.247 e. The molecule has 2 aliphatic rings. The van der Waals surface area contributed by atoms with Gasteiger partial charge in [0, 0.05) is 6.42 Å². The van der Waals surface area contributed by atoms with Crippen molar-refractivity contribution in [2.75, 3.05) is 6.54 Å². The molecule has 36 heavy (non-hydrogen) atoms. The zero-order valence-corrected chi connectivity index (χ0v) is 20.2. The van der Waals surface area contributed by atoms with Crippen LogP contribution in [0, 0.1) is 19.7 Å². The van der Waals surface area contributed by atoms with Crippen LogP contribution in [0.5, 0.6) is 0 Å². The Hall–Kier alpha value is -3.69. The maximum absolute atomic E-state index is 15.1. The van der Waals surface area contributed by atoms with Gasteiger partial charge in [0.15, 0.2) is 5.82 Å². The van der Waals surface area contributed by atoms with Gasteiger partial charge in [0.25, 0.3) is 0 Å². The third-order valence-electron chi connectivity index (χ3n) is 6.80. The fraction of sp³-hybridized carbons (Fsp3) is 0.423. The molecule has 1 aliphatic heterocycles. The average Bonchev–Trinajstić information content (AvgIpc) is 3.47.